The molecule has 0 amide bonds. The maximum atomic E-state index is 10.0. The molecule has 0 rings (SSSR count). The van der Waals surface area contributed by atoms with Crippen LogP contribution >= 0.6 is 0 Å². The Morgan fingerprint density at radius 1 is 1.46 bits per heavy atom. The molecular weight excluding hydrogens is 164 g/mol. The summed E-state index contributed by atoms with van der Waals surface area (Å²) in [4.78, 5) is 10.0. The normalized spacial score (nSPS) is 9.46. The van der Waals surface area contributed by atoms with Crippen molar-refractivity contribution < 1.29 is 9.90 Å². The summed E-state index contributed by atoms with van der Waals surface area (Å²) in [5.74, 6) is 6.51. The third-order valence-corrected chi connectivity index (χ3v) is 1.08. The number of aliphatic carboxylic acids is 1. The molecular formula is C11H10O2. The molecule has 0 aliphatic carbocycles. The van der Waals surface area contributed by atoms with Gasteiger partial charge < -0.3 is 5.11 Å². The molecule has 0 aliphatic heterocycles. The Hall–Kier alpha value is -1.93. The van der Waals surface area contributed by atoms with E-state index in [1.165, 1.54) is 6.08 Å². The minimum Gasteiger partial charge on any atom is -0.478 e. The fourth-order valence-corrected chi connectivity index (χ4v) is 0.582. The number of carbonyl (C=O) groups is 1. The highest BCUT2D eigenvalue weighted by Crippen LogP contribution is 1.89. The lowest BCUT2D eigenvalue weighted by Gasteiger charge is -1.80. The molecule has 0 aromatic carbocycles. The number of carboxylic acid groups (broad SMARTS) is 1. The fourth-order valence-electron chi connectivity index (χ4n) is 0.582. The molecule has 0 aliphatic rings. The number of rotatable bonds is 4. The maximum Gasteiger partial charge on any atom is 0.328 e. The van der Waals surface area contributed by atoms with Crippen LogP contribution in [0.15, 0.2) is 24.3 Å². The molecule has 0 saturated heterocycles. The highest BCUT2D eigenvalue weighted by Gasteiger charge is 1.80. The third-order valence-electron chi connectivity index (χ3n) is 1.08. The molecule has 13 heavy (non-hydrogen) atoms. The first-order chi connectivity index (χ1) is 6.27. The second kappa shape index (κ2) is 8.17. The van der Waals surface area contributed by atoms with E-state index in [-0.39, 0.29) is 0 Å². The van der Waals surface area contributed by atoms with Gasteiger partial charge in [0.1, 0.15) is 0 Å². The minimum atomic E-state index is -0.947. The Bertz CT molecular complexity index is 305. The topological polar surface area (TPSA) is 37.3 Å². The average molecular weight is 174 g/mol. The molecule has 0 fully saturated rings. The Morgan fingerprint density at radius 3 is 2.85 bits per heavy atom. The summed E-state index contributed by atoms with van der Waals surface area (Å²) in [5.41, 5.74) is 0. The Morgan fingerprint density at radius 2 is 2.23 bits per heavy atom. The van der Waals surface area contributed by atoms with Crippen LogP contribution in [0.25, 0.3) is 0 Å². The molecule has 0 bridgehead atoms. The van der Waals surface area contributed by atoms with Crippen LogP contribution in [0.2, 0.25) is 0 Å². The van der Waals surface area contributed by atoms with Crippen LogP contribution in [-0.4, -0.2) is 11.1 Å². The Balaban J connectivity index is 3.54. The van der Waals surface area contributed by atoms with E-state index in [4.69, 9.17) is 11.5 Å². The minimum absolute atomic E-state index is 0.696. The molecule has 0 radical (unpaired) electrons. The fraction of sp³-hybridized carbons (Fsp3) is 0.182. The van der Waals surface area contributed by atoms with Gasteiger partial charge in [0.25, 0.3) is 0 Å². The molecule has 0 aromatic heterocycles. The third kappa shape index (κ3) is 10.1. The van der Waals surface area contributed by atoms with Crippen LogP contribution in [0.3, 0.4) is 0 Å². The van der Waals surface area contributed by atoms with E-state index in [1.54, 1.807) is 6.08 Å². The molecule has 0 heterocycles. The second-order valence-electron chi connectivity index (χ2n) is 2.11. The van der Waals surface area contributed by atoms with Gasteiger partial charge in [-0.2, -0.15) is 0 Å². The highest BCUT2D eigenvalue weighted by atomic mass is 16.4. The van der Waals surface area contributed by atoms with Gasteiger partial charge in [0.2, 0.25) is 0 Å². The molecule has 0 aromatic rings. The number of hydrogen-bond acceptors (Lipinski definition) is 1. The van der Waals surface area contributed by atoms with Gasteiger partial charge >= 0.3 is 5.97 Å². The standard InChI is InChI=1S/C11H10O2/c1-2-3-4-5-6-7-8-9-10-11(12)13/h1,7-10H,5-6H2,(H,12,13)/b8-7-,10-9+. The van der Waals surface area contributed by atoms with Crippen molar-refractivity contribution in [2.24, 2.45) is 0 Å². The lowest BCUT2D eigenvalue weighted by Crippen LogP contribution is -1.84. The molecule has 2 nitrogen and oxygen atoms in total. The number of unbranched alkanes of at least 4 members (excludes halogenated alkanes) is 1. The lowest BCUT2D eigenvalue weighted by atomic mass is 10.3. The summed E-state index contributed by atoms with van der Waals surface area (Å²) in [6, 6.07) is 0. The summed E-state index contributed by atoms with van der Waals surface area (Å²) in [6.07, 6.45) is 12.4. The van der Waals surface area contributed by atoms with Crippen molar-refractivity contribution in [2.45, 2.75) is 12.8 Å². The predicted molar refractivity (Wildman–Crippen MR) is 51.8 cm³/mol. The predicted octanol–water partition coefficient (Wildman–Crippen LogP) is 1.60. The van der Waals surface area contributed by atoms with E-state index < -0.39 is 5.97 Å². The van der Waals surface area contributed by atoms with Gasteiger partial charge in [0.15, 0.2) is 0 Å². The zero-order valence-corrected chi connectivity index (χ0v) is 7.16. The van der Waals surface area contributed by atoms with Crippen molar-refractivity contribution in [2.75, 3.05) is 0 Å². The van der Waals surface area contributed by atoms with Crippen LogP contribution < -0.4 is 0 Å². The number of allylic oxidation sites excluding steroid dienone is 3. The van der Waals surface area contributed by atoms with Crippen LogP contribution in [0.1, 0.15) is 12.8 Å². The molecule has 1 N–H and O–H groups in total. The van der Waals surface area contributed by atoms with Gasteiger partial charge in [0.05, 0.1) is 0 Å². The molecule has 0 spiro atoms. The first kappa shape index (κ1) is 11.1. The zero-order chi connectivity index (χ0) is 9.94. The van der Waals surface area contributed by atoms with E-state index in [0.717, 1.165) is 12.5 Å². The second-order valence-corrected chi connectivity index (χ2v) is 2.11. The van der Waals surface area contributed by atoms with E-state index in [9.17, 15) is 4.79 Å². The summed E-state index contributed by atoms with van der Waals surface area (Å²) in [5, 5.41) is 8.22. The molecule has 0 atom stereocenters. The van der Waals surface area contributed by atoms with Gasteiger partial charge in [-0.1, -0.05) is 24.1 Å². The quantitative estimate of drug-likeness (QED) is 0.304. The molecule has 66 valence electrons. The van der Waals surface area contributed by atoms with Gasteiger partial charge in [0, 0.05) is 12.5 Å². The Labute approximate surface area is 78.0 Å². The van der Waals surface area contributed by atoms with Crippen LogP contribution in [0, 0.1) is 24.2 Å². The summed E-state index contributed by atoms with van der Waals surface area (Å²) < 4.78 is 0. The lowest BCUT2D eigenvalue weighted by molar-refractivity contribution is -0.131. The van der Waals surface area contributed by atoms with Crippen LogP contribution in [0.5, 0.6) is 0 Å². The molecule has 2 heteroatoms. The first-order valence-corrected chi connectivity index (χ1v) is 3.77. The van der Waals surface area contributed by atoms with Crippen molar-refractivity contribution in [3.63, 3.8) is 0 Å². The summed E-state index contributed by atoms with van der Waals surface area (Å²) in [7, 11) is 0. The van der Waals surface area contributed by atoms with E-state index in [1.807, 2.05) is 6.08 Å². The van der Waals surface area contributed by atoms with Gasteiger partial charge in [-0.25, -0.2) is 4.79 Å². The average Bonchev–Trinajstić information content (AvgIpc) is 2.09. The number of carboxylic acids is 1. The van der Waals surface area contributed by atoms with E-state index >= 15 is 0 Å². The SMILES string of the molecule is C#CC#CCC/C=C\C=C\C(=O)O. The van der Waals surface area contributed by atoms with Crippen molar-refractivity contribution in [1.29, 1.82) is 0 Å². The summed E-state index contributed by atoms with van der Waals surface area (Å²) in [6.45, 7) is 0. The monoisotopic (exact) mass is 174 g/mol. The van der Waals surface area contributed by atoms with Crippen molar-refractivity contribution >= 4 is 5.97 Å². The number of hydrogen-bond donors (Lipinski definition) is 1. The Kier molecular flexibility index (Phi) is 6.96. The van der Waals surface area contributed by atoms with Gasteiger partial charge in [-0.15, -0.1) is 6.42 Å². The smallest absolute Gasteiger partial charge is 0.328 e. The summed E-state index contributed by atoms with van der Waals surface area (Å²) >= 11 is 0. The first-order valence-electron chi connectivity index (χ1n) is 3.77. The number of terminal acetylenes is 1. The van der Waals surface area contributed by atoms with Crippen molar-refractivity contribution in [3.8, 4) is 24.2 Å². The maximum absolute atomic E-state index is 10.0. The van der Waals surface area contributed by atoms with Crippen LogP contribution in [0.4, 0.5) is 0 Å². The highest BCUT2D eigenvalue weighted by molar-refractivity contribution is 5.80. The molecule has 0 saturated carbocycles. The van der Waals surface area contributed by atoms with E-state index in [2.05, 4.69) is 17.8 Å². The van der Waals surface area contributed by atoms with Crippen LogP contribution in [-0.2, 0) is 4.79 Å². The van der Waals surface area contributed by atoms with Gasteiger partial charge in [-0.05, 0) is 18.3 Å². The molecule has 0 unspecified atom stereocenters. The largest absolute Gasteiger partial charge is 0.478 e. The van der Waals surface area contributed by atoms with E-state index in [0.29, 0.717) is 6.42 Å². The van der Waals surface area contributed by atoms with Crippen molar-refractivity contribution in [3.05, 3.63) is 24.3 Å². The van der Waals surface area contributed by atoms with Crippen molar-refractivity contribution in [1.82, 2.24) is 0 Å². The zero-order valence-electron chi connectivity index (χ0n) is 7.16. The van der Waals surface area contributed by atoms with Gasteiger partial charge in [-0.3, -0.25) is 0 Å².